The van der Waals surface area contributed by atoms with Crippen molar-refractivity contribution in [2.75, 3.05) is 6.54 Å². The van der Waals surface area contributed by atoms with Gasteiger partial charge in [0.1, 0.15) is 5.82 Å². The maximum atomic E-state index is 13.4. The Morgan fingerprint density at radius 1 is 1.09 bits per heavy atom. The molecular weight excluding hydrogens is 310 g/mol. The number of hydrogen-bond acceptors (Lipinski definition) is 1. The van der Waals surface area contributed by atoms with E-state index in [-0.39, 0.29) is 5.56 Å². The van der Waals surface area contributed by atoms with Crippen molar-refractivity contribution in [3.8, 4) is 0 Å². The Balaban J connectivity index is 1.95. The fraction of sp³-hybridized carbons (Fsp3) is 0.235. The van der Waals surface area contributed by atoms with Gasteiger partial charge in [-0.2, -0.15) is 0 Å². The zero-order chi connectivity index (χ0) is 16.7. The van der Waals surface area contributed by atoms with Crippen molar-refractivity contribution >= 4 is 5.91 Å². The predicted molar refractivity (Wildman–Crippen MR) is 75.9 cm³/mol. The van der Waals surface area contributed by atoms with Gasteiger partial charge in [-0.3, -0.25) is 4.79 Å². The first-order chi connectivity index (χ1) is 10.9. The van der Waals surface area contributed by atoms with Crippen LogP contribution < -0.4 is 0 Å². The van der Waals surface area contributed by atoms with Crippen molar-refractivity contribution in [3.05, 3.63) is 70.3 Å². The Labute approximate surface area is 130 Å². The molecule has 23 heavy (non-hydrogen) atoms. The average molecular weight is 323 g/mol. The van der Waals surface area contributed by atoms with Gasteiger partial charge in [-0.05, 0) is 48.7 Å². The molecule has 2 aromatic carbocycles. The maximum Gasteiger partial charge on any atom is 0.254 e. The van der Waals surface area contributed by atoms with E-state index in [0.717, 1.165) is 5.56 Å². The summed E-state index contributed by atoms with van der Waals surface area (Å²) in [5, 5.41) is 0. The van der Waals surface area contributed by atoms with Crippen LogP contribution in [0.3, 0.4) is 0 Å². The van der Waals surface area contributed by atoms with Crippen molar-refractivity contribution in [1.82, 2.24) is 4.90 Å². The summed E-state index contributed by atoms with van der Waals surface area (Å²) in [5.74, 6) is -5.47. The molecule has 6 heteroatoms. The number of rotatable bonds is 1. The second-order valence-corrected chi connectivity index (χ2v) is 5.52. The highest BCUT2D eigenvalue weighted by Crippen LogP contribution is 2.31. The van der Waals surface area contributed by atoms with Gasteiger partial charge in [0.15, 0.2) is 17.5 Å². The van der Waals surface area contributed by atoms with Crippen LogP contribution in [0.2, 0.25) is 0 Å². The van der Waals surface area contributed by atoms with Gasteiger partial charge in [-0.1, -0.05) is 6.07 Å². The molecule has 3 rings (SSSR count). The molecule has 2 nitrogen and oxygen atoms in total. The third kappa shape index (κ3) is 2.69. The maximum absolute atomic E-state index is 13.4. The number of amides is 1. The summed E-state index contributed by atoms with van der Waals surface area (Å²) >= 11 is 0. The van der Waals surface area contributed by atoms with Crippen molar-refractivity contribution in [3.63, 3.8) is 0 Å². The van der Waals surface area contributed by atoms with E-state index in [1.54, 1.807) is 13.0 Å². The lowest BCUT2D eigenvalue weighted by molar-refractivity contribution is 0.0676. The number of hydrogen-bond donors (Lipinski definition) is 0. The second kappa shape index (κ2) is 5.68. The molecule has 1 aliphatic rings. The molecule has 0 fully saturated rings. The van der Waals surface area contributed by atoms with Crippen LogP contribution in [0, 0.1) is 23.3 Å². The van der Waals surface area contributed by atoms with Crippen LogP contribution >= 0.6 is 0 Å². The van der Waals surface area contributed by atoms with E-state index in [2.05, 4.69) is 0 Å². The number of nitrogens with zero attached hydrogens (tertiary/aromatic N) is 1. The molecule has 0 bridgehead atoms. The molecule has 0 aliphatic carbocycles. The summed E-state index contributed by atoms with van der Waals surface area (Å²) in [7, 11) is 0. The van der Waals surface area contributed by atoms with Crippen LogP contribution in [0.15, 0.2) is 30.3 Å². The fourth-order valence-corrected chi connectivity index (χ4v) is 2.91. The summed E-state index contributed by atoms with van der Waals surface area (Å²) in [4.78, 5) is 13.9. The zero-order valence-corrected chi connectivity index (χ0v) is 12.2. The molecule has 1 unspecified atom stereocenters. The van der Waals surface area contributed by atoms with Gasteiger partial charge in [-0.25, -0.2) is 17.6 Å². The van der Waals surface area contributed by atoms with Gasteiger partial charge in [0.25, 0.3) is 5.91 Å². The lowest BCUT2D eigenvalue weighted by Gasteiger charge is -2.35. The first kappa shape index (κ1) is 15.5. The molecule has 0 spiro atoms. The molecule has 0 aromatic heterocycles. The third-order valence-electron chi connectivity index (χ3n) is 4.14. The summed E-state index contributed by atoms with van der Waals surface area (Å²) in [6.07, 6.45) is 0.512. The Morgan fingerprint density at radius 2 is 1.74 bits per heavy atom. The minimum Gasteiger partial charge on any atom is -0.332 e. The molecule has 1 aliphatic heterocycles. The second-order valence-electron chi connectivity index (χ2n) is 5.52. The van der Waals surface area contributed by atoms with Crippen LogP contribution in [-0.4, -0.2) is 17.4 Å². The van der Waals surface area contributed by atoms with Crippen LogP contribution in [0.4, 0.5) is 17.6 Å². The Hall–Kier alpha value is -2.37. The van der Waals surface area contributed by atoms with Crippen molar-refractivity contribution in [2.45, 2.75) is 19.4 Å². The number of carbonyl (C=O) groups excluding carboxylic acids is 1. The largest absolute Gasteiger partial charge is 0.332 e. The minimum atomic E-state index is -1.61. The minimum absolute atomic E-state index is 0.270. The van der Waals surface area contributed by atoms with E-state index in [9.17, 15) is 22.4 Å². The summed E-state index contributed by atoms with van der Waals surface area (Å²) < 4.78 is 53.1. The van der Waals surface area contributed by atoms with Gasteiger partial charge in [0, 0.05) is 12.1 Å². The van der Waals surface area contributed by atoms with Crippen LogP contribution in [-0.2, 0) is 6.42 Å². The highest BCUT2D eigenvalue weighted by Gasteiger charge is 2.29. The molecular formula is C17H13F4NO. The monoisotopic (exact) mass is 323 g/mol. The summed E-state index contributed by atoms with van der Waals surface area (Å²) in [5.41, 5.74) is 1.32. The number of fused-ring (bicyclic) bond motifs is 1. The zero-order valence-electron chi connectivity index (χ0n) is 12.2. The summed E-state index contributed by atoms with van der Waals surface area (Å²) in [6.45, 7) is 2.05. The third-order valence-corrected chi connectivity index (χ3v) is 4.14. The first-order valence-electron chi connectivity index (χ1n) is 7.12. The normalized spacial score (nSPS) is 17.1. The Bertz CT molecular complexity index is 767. The van der Waals surface area contributed by atoms with E-state index in [1.807, 2.05) is 0 Å². The van der Waals surface area contributed by atoms with E-state index in [4.69, 9.17) is 0 Å². The summed E-state index contributed by atoms with van der Waals surface area (Å²) in [6, 6.07) is 5.28. The lowest BCUT2D eigenvalue weighted by atomic mass is 9.93. The Morgan fingerprint density at radius 3 is 2.39 bits per heavy atom. The molecule has 0 N–H and O–H groups in total. The molecule has 0 saturated carbocycles. The standard InChI is InChI=1S/C17H13F4NO/c1-9-13-8-12(18)3-2-10(13)4-5-22(9)17(23)11-6-14(19)16(21)15(20)7-11/h2-3,6-9H,4-5H2,1H3. The van der Waals surface area contributed by atoms with E-state index < -0.39 is 35.2 Å². The van der Waals surface area contributed by atoms with Crippen LogP contribution in [0.1, 0.15) is 34.5 Å². The van der Waals surface area contributed by atoms with Gasteiger partial charge in [0.2, 0.25) is 0 Å². The van der Waals surface area contributed by atoms with Crippen molar-refractivity contribution in [2.24, 2.45) is 0 Å². The van der Waals surface area contributed by atoms with Crippen molar-refractivity contribution in [1.29, 1.82) is 0 Å². The molecule has 1 atom stereocenters. The fourth-order valence-electron chi connectivity index (χ4n) is 2.91. The SMILES string of the molecule is CC1c2cc(F)ccc2CCN1C(=O)c1cc(F)c(F)c(F)c1. The van der Waals surface area contributed by atoms with E-state index >= 15 is 0 Å². The van der Waals surface area contributed by atoms with Gasteiger partial charge in [-0.15, -0.1) is 0 Å². The molecule has 0 saturated heterocycles. The van der Waals surface area contributed by atoms with Gasteiger partial charge in [0.05, 0.1) is 6.04 Å². The molecule has 2 aromatic rings. The Kier molecular flexibility index (Phi) is 3.83. The number of halogens is 4. The smallest absolute Gasteiger partial charge is 0.254 e. The highest BCUT2D eigenvalue weighted by atomic mass is 19.2. The van der Waals surface area contributed by atoms with Gasteiger partial charge >= 0.3 is 0 Å². The lowest BCUT2D eigenvalue weighted by Crippen LogP contribution is -2.39. The first-order valence-corrected chi connectivity index (χ1v) is 7.12. The van der Waals surface area contributed by atoms with Crippen molar-refractivity contribution < 1.29 is 22.4 Å². The molecule has 1 heterocycles. The predicted octanol–water partition coefficient (Wildman–Crippen LogP) is 4.00. The topological polar surface area (TPSA) is 20.3 Å². The van der Waals surface area contributed by atoms with E-state index in [0.29, 0.717) is 30.7 Å². The quantitative estimate of drug-likeness (QED) is 0.574. The number of carbonyl (C=O) groups is 1. The molecule has 0 radical (unpaired) electrons. The average Bonchev–Trinajstić information content (AvgIpc) is 2.52. The van der Waals surface area contributed by atoms with Gasteiger partial charge < -0.3 is 4.90 Å². The number of benzene rings is 2. The van der Waals surface area contributed by atoms with Crippen LogP contribution in [0.25, 0.3) is 0 Å². The highest BCUT2D eigenvalue weighted by molar-refractivity contribution is 5.94. The molecule has 120 valence electrons. The van der Waals surface area contributed by atoms with Crippen LogP contribution in [0.5, 0.6) is 0 Å². The van der Waals surface area contributed by atoms with E-state index in [1.165, 1.54) is 17.0 Å². The molecule has 1 amide bonds.